The lowest BCUT2D eigenvalue weighted by Crippen LogP contribution is -2.72. The molecule has 1 heterocycles. The number of piperazine rings is 1. The van der Waals surface area contributed by atoms with Gasteiger partial charge in [-0.3, -0.25) is 9.59 Å². The fraction of sp³-hybridized carbons (Fsp3) is 0.882. The Morgan fingerprint density at radius 3 is 2.38 bits per heavy atom. The molecule has 1 N–H and O–H groups in total. The molecule has 2 aliphatic rings. The van der Waals surface area contributed by atoms with Crippen LogP contribution < -0.4 is 5.32 Å². The van der Waals surface area contributed by atoms with Crippen LogP contribution in [0.1, 0.15) is 78.6 Å². The Morgan fingerprint density at radius 1 is 1.19 bits per heavy atom. The van der Waals surface area contributed by atoms with Gasteiger partial charge in [0.15, 0.2) is 0 Å². The molecule has 0 aromatic carbocycles. The highest BCUT2D eigenvalue weighted by Crippen LogP contribution is 2.35. The molecule has 0 aromatic rings. The zero-order chi connectivity index (χ0) is 15.5. The van der Waals surface area contributed by atoms with Gasteiger partial charge < -0.3 is 10.2 Å². The molecule has 21 heavy (non-hydrogen) atoms. The molecule has 0 bridgehead atoms. The molecule has 2 unspecified atom stereocenters. The maximum atomic E-state index is 13.2. The highest BCUT2D eigenvalue weighted by molar-refractivity contribution is 6.00. The molecular weight excluding hydrogens is 264 g/mol. The number of amides is 2. The van der Waals surface area contributed by atoms with Crippen molar-refractivity contribution in [1.82, 2.24) is 10.2 Å². The van der Waals surface area contributed by atoms with Crippen LogP contribution in [0, 0.1) is 0 Å². The monoisotopic (exact) mass is 294 g/mol. The molecular formula is C17H30N2O2. The van der Waals surface area contributed by atoms with Gasteiger partial charge in [-0.2, -0.15) is 0 Å². The van der Waals surface area contributed by atoms with Crippen LogP contribution in [-0.2, 0) is 9.59 Å². The summed E-state index contributed by atoms with van der Waals surface area (Å²) in [6, 6.07) is -0.0705. The van der Waals surface area contributed by atoms with Crippen LogP contribution in [0.4, 0.5) is 0 Å². The molecule has 0 aromatic heterocycles. The number of carbonyl (C=O) groups excluding carboxylic acids is 2. The molecule has 1 aliphatic carbocycles. The third-order valence-corrected chi connectivity index (χ3v) is 5.23. The van der Waals surface area contributed by atoms with Gasteiger partial charge in [0.25, 0.3) is 0 Å². The molecule has 1 spiro atoms. The van der Waals surface area contributed by atoms with Crippen molar-refractivity contribution in [2.75, 3.05) is 0 Å². The Morgan fingerprint density at radius 2 is 1.86 bits per heavy atom. The summed E-state index contributed by atoms with van der Waals surface area (Å²) in [5.74, 6) is 0.252. The van der Waals surface area contributed by atoms with E-state index in [9.17, 15) is 9.59 Å². The standard InChI is InChI=1S/C17H30N2O2/c1-4-10-13(5-2)19-14(6-3)15(20)18-17(16(19)21)11-8-7-9-12-17/h13-14H,4-12H2,1-3H3,(H,18,20). The van der Waals surface area contributed by atoms with E-state index in [4.69, 9.17) is 0 Å². The van der Waals surface area contributed by atoms with Gasteiger partial charge in [-0.15, -0.1) is 0 Å². The summed E-state index contributed by atoms with van der Waals surface area (Å²) >= 11 is 0. The maximum absolute atomic E-state index is 13.2. The topological polar surface area (TPSA) is 49.4 Å². The second-order valence-corrected chi connectivity index (χ2v) is 6.62. The minimum absolute atomic E-state index is 0.0635. The first kappa shape index (κ1) is 16.3. The van der Waals surface area contributed by atoms with Gasteiger partial charge in [0.2, 0.25) is 11.8 Å². The highest BCUT2D eigenvalue weighted by atomic mass is 16.2. The Hall–Kier alpha value is -1.06. The molecule has 4 heteroatoms. The van der Waals surface area contributed by atoms with E-state index in [2.05, 4.69) is 19.2 Å². The minimum atomic E-state index is -0.595. The third kappa shape index (κ3) is 2.95. The largest absolute Gasteiger partial charge is 0.340 e. The summed E-state index contributed by atoms with van der Waals surface area (Å²) in [7, 11) is 0. The molecule has 2 atom stereocenters. The van der Waals surface area contributed by atoms with Gasteiger partial charge in [0.05, 0.1) is 0 Å². The molecule has 1 saturated heterocycles. The summed E-state index contributed by atoms with van der Waals surface area (Å²) in [5, 5.41) is 3.10. The zero-order valence-electron chi connectivity index (χ0n) is 13.8. The van der Waals surface area contributed by atoms with Crippen molar-refractivity contribution in [3.8, 4) is 0 Å². The van der Waals surface area contributed by atoms with Crippen LogP contribution >= 0.6 is 0 Å². The van der Waals surface area contributed by atoms with Gasteiger partial charge in [-0.25, -0.2) is 0 Å². The lowest BCUT2D eigenvalue weighted by atomic mass is 9.77. The molecule has 120 valence electrons. The van der Waals surface area contributed by atoms with Gasteiger partial charge in [-0.05, 0) is 32.1 Å². The molecule has 2 rings (SSSR count). The smallest absolute Gasteiger partial charge is 0.249 e. The van der Waals surface area contributed by atoms with Gasteiger partial charge in [-0.1, -0.05) is 46.5 Å². The van der Waals surface area contributed by atoms with Crippen molar-refractivity contribution in [2.24, 2.45) is 0 Å². The van der Waals surface area contributed by atoms with Gasteiger partial charge in [0, 0.05) is 6.04 Å². The average Bonchev–Trinajstić information content (AvgIpc) is 2.49. The lowest BCUT2D eigenvalue weighted by molar-refractivity contribution is -0.160. The predicted octanol–water partition coefficient (Wildman–Crippen LogP) is 3.01. The predicted molar refractivity (Wildman–Crippen MR) is 83.9 cm³/mol. The summed E-state index contributed by atoms with van der Waals surface area (Å²) in [5.41, 5.74) is -0.595. The van der Waals surface area contributed by atoms with E-state index in [1.807, 2.05) is 11.8 Å². The summed E-state index contributed by atoms with van der Waals surface area (Å²) < 4.78 is 0. The van der Waals surface area contributed by atoms with Crippen LogP contribution in [0.15, 0.2) is 0 Å². The van der Waals surface area contributed by atoms with Crippen molar-refractivity contribution in [1.29, 1.82) is 0 Å². The van der Waals surface area contributed by atoms with Crippen molar-refractivity contribution in [3.05, 3.63) is 0 Å². The Kier molecular flexibility index (Phi) is 5.28. The number of hydrogen-bond donors (Lipinski definition) is 1. The number of hydrogen-bond acceptors (Lipinski definition) is 2. The van der Waals surface area contributed by atoms with Crippen LogP contribution in [-0.4, -0.2) is 34.3 Å². The summed E-state index contributed by atoms with van der Waals surface area (Å²) in [6.07, 6.45) is 8.56. The van der Waals surface area contributed by atoms with E-state index in [-0.39, 0.29) is 23.9 Å². The van der Waals surface area contributed by atoms with Crippen LogP contribution in [0.3, 0.4) is 0 Å². The van der Waals surface area contributed by atoms with Gasteiger partial charge >= 0.3 is 0 Å². The fourth-order valence-corrected chi connectivity index (χ4v) is 4.06. The van der Waals surface area contributed by atoms with Crippen molar-refractivity contribution >= 4 is 11.8 Å². The molecule has 2 amide bonds. The van der Waals surface area contributed by atoms with Crippen LogP contribution in [0.2, 0.25) is 0 Å². The Labute approximate surface area is 128 Å². The number of nitrogens with zero attached hydrogens (tertiary/aromatic N) is 1. The SMILES string of the molecule is CCCC(CC)N1C(=O)C2(CCCCC2)NC(=O)C1CC. The highest BCUT2D eigenvalue weighted by Gasteiger charge is 2.51. The summed E-state index contributed by atoms with van der Waals surface area (Å²) in [6.45, 7) is 6.27. The quantitative estimate of drug-likeness (QED) is 0.847. The first-order valence-corrected chi connectivity index (χ1v) is 8.74. The molecule has 0 radical (unpaired) electrons. The third-order valence-electron chi connectivity index (χ3n) is 5.23. The molecule has 1 aliphatic heterocycles. The first-order valence-electron chi connectivity index (χ1n) is 8.74. The van der Waals surface area contributed by atoms with E-state index in [0.717, 1.165) is 44.9 Å². The van der Waals surface area contributed by atoms with Gasteiger partial charge in [0.1, 0.15) is 11.6 Å². The molecule has 1 saturated carbocycles. The first-order chi connectivity index (χ1) is 10.1. The summed E-state index contributed by atoms with van der Waals surface area (Å²) in [4.78, 5) is 27.7. The molecule has 2 fully saturated rings. The van der Waals surface area contributed by atoms with E-state index in [1.165, 1.54) is 6.42 Å². The molecule has 4 nitrogen and oxygen atoms in total. The second kappa shape index (κ2) is 6.80. The number of rotatable bonds is 5. The second-order valence-electron chi connectivity index (χ2n) is 6.62. The Bertz CT molecular complexity index is 388. The lowest BCUT2D eigenvalue weighted by Gasteiger charge is -2.50. The zero-order valence-corrected chi connectivity index (χ0v) is 13.8. The van der Waals surface area contributed by atoms with Crippen LogP contribution in [0.5, 0.6) is 0 Å². The van der Waals surface area contributed by atoms with E-state index in [1.54, 1.807) is 0 Å². The minimum Gasteiger partial charge on any atom is -0.340 e. The normalized spacial score (nSPS) is 26.8. The van der Waals surface area contributed by atoms with E-state index in [0.29, 0.717) is 6.42 Å². The van der Waals surface area contributed by atoms with Crippen molar-refractivity contribution < 1.29 is 9.59 Å². The Balaban J connectivity index is 2.31. The maximum Gasteiger partial charge on any atom is 0.249 e. The van der Waals surface area contributed by atoms with E-state index < -0.39 is 5.54 Å². The fourth-order valence-electron chi connectivity index (χ4n) is 4.06. The van der Waals surface area contributed by atoms with Crippen LogP contribution in [0.25, 0.3) is 0 Å². The van der Waals surface area contributed by atoms with Crippen molar-refractivity contribution in [3.63, 3.8) is 0 Å². The van der Waals surface area contributed by atoms with E-state index >= 15 is 0 Å². The number of nitrogens with one attached hydrogen (secondary N) is 1. The van der Waals surface area contributed by atoms with Crippen molar-refractivity contribution in [2.45, 2.75) is 96.2 Å². The average molecular weight is 294 g/mol. The number of carbonyl (C=O) groups is 2.